The first-order chi connectivity index (χ1) is 10.6. The first-order valence-electron chi connectivity index (χ1n) is 7.93. The molecular weight excluding hydrogens is 293 g/mol. The summed E-state index contributed by atoms with van der Waals surface area (Å²) in [6, 6.07) is 3.00. The Bertz CT molecular complexity index is 483. The summed E-state index contributed by atoms with van der Waals surface area (Å²) in [5.41, 5.74) is -0.316. The molecule has 0 saturated carbocycles. The van der Waals surface area contributed by atoms with E-state index in [1.807, 2.05) is 0 Å². The summed E-state index contributed by atoms with van der Waals surface area (Å²) < 4.78 is 51.7. The van der Waals surface area contributed by atoms with Crippen molar-refractivity contribution in [3.63, 3.8) is 0 Å². The summed E-state index contributed by atoms with van der Waals surface area (Å²) >= 11 is 0. The van der Waals surface area contributed by atoms with E-state index in [9.17, 15) is 13.2 Å². The molecule has 2 atom stereocenters. The second-order valence-corrected chi connectivity index (χ2v) is 5.63. The van der Waals surface area contributed by atoms with E-state index >= 15 is 0 Å². The number of hydrogen-bond acceptors (Lipinski definition) is 2. The van der Waals surface area contributed by atoms with Gasteiger partial charge in [-0.05, 0) is 37.8 Å². The first kappa shape index (κ1) is 17.1. The Hall–Kier alpha value is -1.23. The van der Waals surface area contributed by atoms with Gasteiger partial charge in [-0.1, -0.05) is 19.4 Å². The Balaban J connectivity index is 2.20. The van der Waals surface area contributed by atoms with Crippen LogP contribution in [0.5, 0.6) is 5.75 Å². The molecule has 124 valence electrons. The molecule has 2 unspecified atom stereocenters. The van der Waals surface area contributed by atoms with E-state index in [2.05, 4.69) is 6.92 Å². The minimum atomic E-state index is -2.89. The molecule has 1 aromatic carbocycles. The third-order valence-electron chi connectivity index (χ3n) is 4.11. The summed E-state index contributed by atoms with van der Waals surface area (Å²) in [5.74, 6) is -1.08. The third kappa shape index (κ3) is 3.75. The van der Waals surface area contributed by atoms with Crippen molar-refractivity contribution in [2.75, 3.05) is 13.2 Å². The molecule has 0 N–H and O–H groups in total. The summed E-state index contributed by atoms with van der Waals surface area (Å²) in [7, 11) is 0. The van der Waals surface area contributed by atoms with Crippen LogP contribution in [0.1, 0.15) is 63.0 Å². The number of ether oxygens (including phenoxy) is 2. The molecule has 1 aliphatic heterocycles. The predicted octanol–water partition coefficient (Wildman–Crippen LogP) is 5.22. The maximum absolute atomic E-state index is 14.5. The summed E-state index contributed by atoms with van der Waals surface area (Å²) in [4.78, 5) is 0. The molecule has 22 heavy (non-hydrogen) atoms. The number of halogens is 3. The zero-order chi connectivity index (χ0) is 16.1. The molecule has 0 aliphatic carbocycles. The molecule has 2 nitrogen and oxygen atoms in total. The molecular formula is C17H23F3O2. The number of alkyl halides is 2. The van der Waals surface area contributed by atoms with Gasteiger partial charge in [0.2, 0.25) is 0 Å². The molecule has 1 heterocycles. The van der Waals surface area contributed by atoms with Crippen LogP contribution in [0.4, 0.5) is 13.2 Å². The molecule has 0 aromatic heterocycles. The predicted molar refractivity (Wildman–Crippen MR) is 79.1 cm³/mol. The van der Waals surface area contributed by atoms with E-state index in [-0.39, 0.29) is 24.4 Å². The zero-order valence-corrected chi connectivity index (χ0v) is 13.1. The van der Waals surface area contributed by atoms with Crippen LogP contribution < -0.4 is 4.74 Å². The van der Waals surface area contributed by atoms with Crippen molar-refractivity contribution in [3.8, 4) is 5.75 Å². The van der Waals surface area contributed by atoms with E-state index in [1.54, 1.807) is 13.0 Å². The minimum absolute atomic E-state index is 0.0701. The second kappa shape index (κ2) is 7.86. The Kier molecular flexibility index (Phi) is 6.12. The average molecular weight is 316 g/mol. The molecule has 0 amide bonds. The zero-order valence-electron chi connectivity index (χ0n) is 13.1. The van der Waals surface area contributed by atoms with Crippen LogP contribution in [-0.2, 0) is 4.74 Å². The van der Waals surface area contributed by atoms with Crippen molar-refractivity contribution in [2.24, 2.45) is 0 Å². The highest BCUT2D eigenvalue weighted by Crippen LogP contribution is 2.38. The fourth-order valence-electron chi connectivity index (χ4n) is 2.99. The largest absolute Gasteiger partial charge is 0.493 e. The monoisotopic (exact) mass is 316 g/mol. The van der Waals surface area contributed by atoms with Crippen LogP contribution in [0, 0.1) is 5.82 Å². The lowest BCUT2D eigenvalue weighted by atomic mass is 9.89. The van der Waals surface area contributed by atoms with Crippen LogP contribution in [0.2, 0.25) is 0 Å². The molecule has 1 aliphatic rings. The standard InChI is InChI=1S/C17H23F3O2/c1-3-5-12-7-6-11(10-22-12)13-8-9-14(21-4-2)15(16(13)18)17(19)20/h8-9,11-12,17H,3-7,10H2,1-2H3. The van der Waals surface area contributed by atoms with Gasteiger partial charge in [-0.2, -0.15) is 0 Å². The molecule has 1 aromatic rings. The average Bonchev–Trinajstić information content (AvgIpc) is 2.49. The van der Waals surface area contributed by atoms with Crippen LogP contribution in [0.3, 0.4) is 0 Å². The molecule has 5 heteroatoms. The molecule has 0 radical (unpaired) electrons. The lowest BCUT2D eigenvalue weighted by molar-refractivity contribution is -0.00188. The Morgan fingerprint density at radius 2 is 2.05 bits per heavy atom. The van der Waals surface area contributed by atoms with Crippen molar-refractivity contribution in [1.29, 1.82) is 0 Å². The van der Waals surface area contributed by atoms with Crippen LogP contribution in [0.25, 0.3) is 0 Å². The van der Waals surface area contributed by atoms with Crippen molar-refractivity contribution in [3.05, 3.63) is 29.1 Å². The fourth-order valence-corrected chi connectivity index (χ4v) is 2.99. The van der Waals surface area contributed by atoms with E-state index in [0.717, 1.165) is 25.7 Å². The van der Waals surface area contributed by atoms with Crippen LogP contribution >= 0.6 is 0 Å². The summed E-state index contributed by atoms with van der Waals surface area (Å²) in [6.07, 6.45) is 0.955. The molecule has 1 fully saturated rings. The fraction of sp³-hybridized carbons (Fsp3) is 0.647. The van der Waals surface area contributed by atoms with Gasteiger partial charge < -0.3 is 9.47 Å². The van der Waals surface area contributed by atoms with E-state index in [4.69, 9.17) is 9.47 Å². The molecule has 0 bridgehead atoms. The SMILES string of the molecule is CCCC1CCC(c2ccc(OCC)c(C(F)F)c2F)CO1. The van der Waals surface area contributed by atoms with Gasteiger partial charge >= 0.3 is 0 Å². The van der Waals surface area contributed by atoms with Crippen molar-refractivity contribution >= 4 is 0 Å². The Morgan fingerprint density at radius 3 is 2.59 bits per heavy atom. The smallest absolute Gasteiger partial charge is 0.270 e. The Labute approximate surface area is 129 Å². The van der Waals surface area contributed by atoms with Crippen molar-refractivity contribution < 1.29 is 22.6 Å². The second-order valence-electron chi connectivity index (χ2n) is 5.63. The summed E-state index contributed by atoms with van der Waals surface area (Å²) in [6.45, 7) is 4.39. The number of benzene rings is 1. The van der Waals surface area contributed by atoms with Crippen molar-refractivity contribution in [1.82, 2.24) is 0 Å². The van der Waals surface area contributed by atoms with Gasteiger partial charge in [0.25, 0.3) is 6.43 Å². The van der Waals surface area contributed by atoms with Crippen LogP contribution in [0.15, 0.2) is 12.1 Å². The molecule has 0 spiro atoms. The van der Waals surface area contributed by atoms with Gasteiger partial charge in [0, 0.05) is 5.92 Å². The van der Waals surface area contributed by atoms with Crippen molar-refractivity contribution in [2.45, 2.75) is 58.0 Å². The highest BCUT2D eigenvalue weighted by atomic mass is 19.3. The topological polar surface area (TPSA) is 18.5 Å². The molecule has 2 rings (SSSR count). The van der Waals surface area contributed by atoms with Crippen LogP contribution in [-0.4, -0.2) is 19.3 Å². The van der Waals surface area contributed by atoms with Gasteiger partial charge in [0.05, 0.1) is 24.9 Å². The maximum atomic E-state index is 14.5. The quantitative estimate of drug-likeness (QED) is 0.716. The lowest BCUT2D eigenvalue weighted by Crippen LogP contribution is -2.25. The normalized spacial score (nSPS) is 22.1. The number of rotatable bonds is 6. The van der Waals surface area contributed by atoms with E-state index in [1.165, 1.54) is 6.07 Å². The van der Waals surface area contributed by atoms with E-state index in [0.29, 0.717) is 12.2 Å². The van der Waals surface area contributed by atoms with E-state index < -0.39 is 17.8 Å². The maximum Gasteiger partial charge on any atom is 0.270 e. The van der Waals surface area contributed by atoms with Gasteiger partial charge in [-0.25, -0.2) is 13.2 Å². The number of hydrogen-bond donors (Lipinski definition) is 0. The first-order valence-corrected chi connectivity index (χ1v) is 7.93. The Morgan fingerprint density at radius 1 is 1.27 bits per heavy atom. The van der Waals surface area contributed by atoms with Gasteiger partial charge in [-0.15, -0.1) is 0 Å². The molecule has 1 saturated heterocycles. The third-order valence-corrected chi connectivity index (χ3v) is 4.11. The highest BCUT2D eigenvalue weighted by Gasteiger charge is 2.29. The highest BCUT2D eigenvalue weighted by molar-refractivity contribution is 5.41. The van der Waals surface area contributed by atoms with Gasteiger partial charge in [-0.3, -0.25) is 0 Å². The van der Waals surface area contributed by atoms with Gasteiger partial charge in [0.1, 0.15) is 11.6 Å². The minimum Gasteiger partial charge on any atom is -0.493 e. The lowest BCUT2D eigenvalue weighted by Gasteiger charge is -2.30. The van der Waals surface area contributed by atoms with Gasteiger partial charge in [0.15, 0.2) is 0 Å². The summed E-state index contributed by atoms with van der Waals surface area (Å²) in [5, 5.41) is 0.